The van der Waals surface area contributed by atoms with Gasteiger partial charge >= 0.3 is 0 Å². The van der Waals surface area contributed by atoms with E-state index in [2.05, 4.69) is 38.3 Å². The molecule has 0 radical (unpaired) electrons. The molecule has 0 spiro atoms. The summed E-state index contributed by atoms with van der Waals surface area (Å²) >= 11 is 0. The first-order chi connectivity index (χ1) is 10.1. The van der Waals surface area contributed by atoms with Crippen molar-refractivity contribution >= 4 is 11.0 Å². The van der Waals surface area contributed by atoms with Gasteiger partial charge in [-0.05, 0) is 44.9 Å². The third-order valence-electron chi connectivity index (χ3n) is 4.76. The second-order valence-electron chi connectivity index (χ2n) is 5.96. The molecule has 110 valence electrons. The molecule has 0 saturated carbocycles. The third-order valence-corrected chi connectivity index (χ3v) is 4.76. The molecule has 4 nitrogen and oxygen atoms in total. The Bertz CT molecular complexity index is 713. The molecule has 0 aliphatic carbocycles. The Morgan fingerprint density at radius 1 is 1.29 bits per heavy atom. The molecule has 1 fully saturated rings. The Hall–Kier alpha value is -1.86. The highest BCUT2D eigenvalue weighted by Crippen LogP contribution is 2.40. The minimum atomic E-state index is 0.174. The third kappa shape index (κ3) is 2.13. The van der Waals surface area contributed by atoms with Gasteiger partial charge in [0.05, 0.1) is 34.9 Å². The van der Waals surface area contributed by atoms with Gasteiger partial charge in [-0.25, -0.2) is 4.98 Å². The smallest absolute Gasteiger partial charge is 0.115 e. The van der Waals surface area contributed by atoms with Crippen LogP contribution in [0.1, 0.15) is 45.0 Å². The van der Waals surface area contributed by atoms with Crippen LogP contribution in [-0.2, 0) is 11.3 Å². The monoisotopic (exact) mass is 283 g/mol. The van der Waals surface area contributed by atoms with E-state index in [1.54, 1.807) is 0 Å². The number of fused-ring (bicyclic) bond motifs is 1. The van der Waals surface area contributed by atoms with Gasteiger partial charge in [0.1, 0.15) is 5.82 Å². The van der Waals surface area contributed by atoms with Gasteiger partial charge in [-0.3, -0.25) is 0 Å². The van der Waals surface area contributed by atoms with Crippen LogP contribution in [0.15, 0.2) is 18.2 Å². The zero-order valence-electron chi connectivity index (χ0n) is 13.0. The van der Waals surface area contributed by atoms with E-state index in [4.69, 9.17) is 15.0 Å². The molecule has 2 heterocycles. The summed E-state index contributed by atoms with van der Waals surface area (Å²) in [5.41, 5.74) is 2.67. The maximum absolute atomic E-state index is 9.06. The van der Waals surface area contributed by atoms with Crippen LogP contribution >= 0.6 is 0 Å². The van der Waals surface area contributed by atoms with Gasteiger partial charge in [0, 0.05) is 12.5 Å². The van der Waals surface area contributed by atoms with E-state index in [1.807, 2.05) is 18.2 Å². The summed E-state index contributed by atoms with van der Waals surface area (Å²) in [7, 11) is 0. The summed E-state index contributed by atoms with van der Waals surface area (Å²) < 4.78 is 8.23. The van der Waals surface area contributed by atoms with Crippen molar-refractivity contribution < 1.29 is 4.74 Å². The highest BCUT2D eigenvalue weighted by Gasteiger charge is 2.40. The lowest BCUT2D eigenvalue weighted by Crippen LogP contribution is -2.19. The minimum absolute atomic E-state index is 0.174. The van der Waals surface area contributed by atoms with Crippen molar-refractivity contribution in [2.24, 2.45) is 5.92 Å². The van der Waals surface area contributed by atoms with Gasteiger partial charge in [0.15, 0.2) is 0 Å². The van der Waals surface area contributed by atoms with E-state index in [1.165, 1.54) is 0 Å². The molecule has 0 bridgehead atoms. The molecule has 4 heteroatoms. The van der Waals surface area contributed by atoms with Crippen LogP contribution in [0, 0.1) is 17.2 Å². The highest BCUT2D eigenvalue weighted by atomic mass is 16.5. The summed E-state index contributed by atoms with van der Waals surface area (Å²) in [5, 5.41) is 9.06. The molecule has 0 N–H and O–H groups in total. The molecule has 1 aliphatic rings. The van der Waals surface area contributed by atoms with Crippen molar-refractivity contribution in [3.8, 4) is 6.07 Å². The van der Waals surface area contributed by atoms with Crippen LogP contribution in [0.3, 0.4) is 0 Å². The SMILES string of the molecule is CCn1c(C2C(C)OC(C)C2C)nc2cc(C#N)ccc21. The molecule has 3 rings (SSSR count). The number of aromatic nitrogens is 2. The fraction of sp³-hybridized carbons (Fsp3) is 0.529. The zero-order valence-corrected chi connectivity index (χ0v) is 13.0. The Kier molecular flexibility index (Phi) is 3.46. The fourth-order valence-electron chi connectivity index (χ4n) is 3.52. The Morgan fingerprint density at radius 3 is 2.62 bits per heavy atom. The van der Waals surface area contributed by atoms with Gasteiger partial charge in [0.2, 0.25) is 0 Å². The lowest BCUT2D eigenvalue weighted by molar-refractivity contribution is 0.0552. The molecule has 4 unspecified atom stereocenters. The lowest BCUT2D eigenvalue weighted by Gasteiger charge is -2.19. The average Bonchev–Trinajstić information content (AvgIpc) is 2.95. The predicted molar refractivity (Wildman–Crippen MR) is 82.0 cm³/mol. The topological polar surface area (TPSA) is 50.8 Å². The van der Waals surface area contributed by atoms with E-state index in [-0.39, 0.29) is 12.2 Å². The molecule has 1 saturated heterocycles. The second-order valence-corrected chi connectivity index (χ2v) is 5.96. The van der Waals surface area contributed by atoms with Gasteiger partial charge in [-0.15, -0.1) is 0 Å². The fourth-order valence-corrected chi connectivity index (χ4v) is 3.52. The molecule has 21 heavy (non-hydrogen) atoms. The summed E-state index contributed by atoms with van der Waals surface area (Å²) in [4.78, 5) is 4.84. The number of hydrogen-bond acceptors (Lipinski definition) is 3. The quantitative estimate of drug-likeness (QED) is 0.848. The van der Waals surface area contributed by atoms with E-state index in [0.717, 1.165) is 23.4 Å². The highest BCUT2D eigenvalue weighted by molar-refractivity contribution is 5.78. The Labute approximate surface area is 125 Å². The molecule has 1 aromatic carbocycles. The van der Waals surface area contributed by atoms with Crippen molar-refractivity contribution in [2.45, 2.75) is 52.4 Å². The number of nitriles is 1. The first-order valence-corrected chi connectivity index (χ1v) is 7.62. The molecule has 2 aromatic rings. The summed E-state index contributed by atoms with van der Waals surface area (Å²) in [6.07, 6.45) is 0.428. The predicted octanol–water partition coefficient (Wildman–Crippen LogP) is 3.45. The van der Waals surface area contributed by atoms with E-state index in [0.29, 0.717) is 17.4 Å². The maximum atomic E-state index is 9.06. The average molecular weight is 283 g/mol. The number of ether oxygens (including phenoxy) is 1. The van der Waals surface area contributed by atoms with E-state index < -0.39 is 0 Å². The number of benzene rings is 1. The largest absolute Gasteiger partial charge is 0.374 e. The Morgan fingerprint density at radius 2 is 2.05 bits per heavy atom. The van der Waals surface area contributed by atoms with Gasteiger partial charge < -0.3 is 9.30 Å². The van der Waals surface area contributed by atoms with Crippen molar-refractivity contribution in [2.75, 3.05) is 0 Å². The van der Waals surface area contributed by atoms with Crippen LogP contribution in [0.2, 0.25) is 0 Å². The lowest BCUT2D eigenvalue weighted by atomic mass is 9.89. The van der Waals surface area contributed by atoms with Crippen molar-refractivity contribution in [1.82, 2.24) is 9.55 Å². The van der Waals surface area contributed by atoms with Crippen molar-refractivity contribution in [3.63, 3.8) is 0 Å². The van der Waals surface area contributed by atoms with Crippen LogP contribution in [0.4, 0.5) is 0 Å². The van der Waals surface area contributed by atoms with Crippen LogP contribution in [0.25, 0.3) is 11.0 Å². The first-order valence-electron chi connectivity index (χ1n) is 7.62. The first kappa shape index (κ1) is 14.1. The molecular formula is C17H21N3O. The van der Waals surface area contributed by atoms with Gasteiger partial charge in [-0.2, -0.15) is 5.26 Å². The minimum Gasteiger partial charge on any atom is -0.374 e. The van der Waals surface area contributed by atoms with Gasteiger partial charge in [-0.1, -0.05) is 6.92 Å². The number of nitrogens with zero attached hydrogens (tertiary/aromatic N) is 3. The second kappa shape index (κ2) is 5.16. The number of aryl methyl sites for hydroxylation is 1. The van der Waals surface area contributed by atoms with Gasteiger partial charge in [0.25, 0.3) is 0 Å². The molecule has 1 aliphatic heterocycles. The summed E-state index contributed by atoms with van der Waals surface area (Å²) in [6.45, 7) is 9.51. The standard InChI is InChI=1S/C17H21N3O/c1-5-20-15-7-6-13(9-18)8-14(15)19-17(20)16-10(2)11(3)21-12(16)4/h6-8,10-12,16H,5H2,1-4H3. The van der Waals surface area contributed by atoms with E-state index in [9.17, 15) is 0 Å². The number of hydrogen-bond donors (Lipinski definition) is 0. The maximum Gasteiger partial charge on any atom is 0.115 e. The zero-order chi connectivity index (χ0) is 15.1. The normalized spacial score (nSPS) is 28.9. The Balaban J connectivity index is 2.16. The number of imidazole rings is 1. The molecular weight excluding hydrogens is 262 g/mol. The van der Waals surface area contributed by atoms with Crippen LogP contribution < -0.4 is 0 Å². The molecule has 0 amide bonds. The van der Waals surface area contributed by atoms with Crippen LogP contribution in [0.5, 0.6) is 0 Å². The summed E-state index contributed by atoms with van der Waals surface area (Å²) in [5.74, 6) is 1.84. The number of rotatable bonds is 2. The summed E-state index contributed by atoms with van der Waals surface area (Å²) in [6, 6.07) is 7.92. The van der Waals surface area contributed by atoms with Crippen LogP contribution in [-0.4, -0.2) is 21.8 Å². The van der Waals surface area contributed by atoms with E-state index >= 15 is 0 Å². The van der Waals surface area contributed by atoms with Crippen molar-refractivity contribution in [3.05, 3.63) is 29.6 Å². The molecule has 4 atom stereocenters. The molecule has 1 aromatic heterocycles. The van der Waals surface area contributed by atoms with Crippen molar-refractivity contribution in [1.29, 1.82) is 5.26 Å².